The molecular formula is C11H23NO. The van der Waals surface area contributed by atoms with E-state index in [1.54, 1.807) is 0 Å². The fourth-order valence-electron chi connectivity index (χ4n) is 1.10. The lowest BCUT2D eigenvalue weighted by atomic mass is 10.0. The van der Waals surface area contributed by atoms with Crippen LogP contribution in [0.25, 0.3) is 0 Å². The van der Waals surface area contributed by atoms with Crippen molar-refractivity contribution in [2.24, 2.45) is 5.73 Å². The van der Waals surface area contributed by atoms with Crippen LogP contribution in [0.3, 0.4) is 0 Å². The van der Waals surface area contributed by atoms with E-state index in [9.17, 15) is 0 Å². The highest BCUT2D eigenvalue weighted by atomic mass is 16.5. The van der Waals surface area contributed by atoms with E-state index in [0.29, 0.717) is 0 Å². The smallest absolute Gasteiger partial charge is 0.0480 e. The molecule has 0 heterocycles. The van der Waals surface area contributed by atoms with Crippen molar-refractivity contribution in [1.82, 2.24) is 0 Å². The molecule has 2 heteroatoms. The molecule has 0 aliphatic carbocycles. The molecule has 13 heavy (non-hydrogen) atoms. The predicted octanol–water partition coefficient (Wildman–Crippen LogP) is 2.49. The van der Waals surface area contributed by atoms with Gasteiger partial charge in [-0.15, -0.1) is 0 Å². The normalized spacial score (nSPS) is 12.8. The fraction of sp³-hybridized carbons (Fsp3) is 0.818. The van der Waals surface area contributed by atoms with Gasteiger partial charge in [0.1, 0.15) is 0 Å². The molecule has 0 aromatic rings. The van der Waals surface area contributed by atoms with Crippen LogP contribution in [-0.2, 0) is 4.74 Å². The van der Waals surface area contributed by atoms with Crippen LogP contribution in [-0.4, -0.2) is 19.3 Å². The lowest BCUT2D eigenvalue weighted by Gasteiger charge is -2.12. The van der Waals surface area contributed by atoms with Crippen LogP contribution < -0.4 is 5.73 Å². The maximum absolute atomic E-state index is 5.89. The van der Waals surface area contributed by atoms with Crippen molar-refractivity contribution in [3.63, 3.8) is 0 Å². The van der Waals surface area contributed by atoms with E-state index in [0.717, 1.165) is 38.9 Å². The topological polar surface area (TPSA) is 35.2 Å². The molecule has 0 aliphatic rings. The maximum atomic E-state index is 5.89. The Bertz CT molecular complexity index is 134. The molecule has 1 unspecified atom stereocenters. The van der Waals surface area contributed by atoms with Crippen LogP contribution in [0.1, 0.15) is 39.5 Å². The maximum Gasteiger partial charge on any atom is 0.0480 e. The van der Waals surface area contributed by atoms with E-state index >= 15 is 0 Å². The summed E-state index contributed by atoms with van der Waals surface area (Å²) in [6.45, 7) is 9.79. The van der Waals surface area contributed by atoms with Gasteiger partial charge in [0.05, 0.1) is 0 Å². The average Bonchev–Trinajstić information content (AvgIpc) is 2.12. The van der Waals surface area contributed by atoms with E-state index in [4.69, 9.17) is 10.5 Å². The van der Waals surface area contributed by atoms with E-state index in [1.807, 2.05) is 0 Å². The Labute approximate surface area is 82.2 Å². The van der Waals surface area contributed by atoms with E-state index in [2.05, 4.69) is 20.4 Å². The predicted molar refractivity (Wildman–Crippen MR) is 57.8 cm³/mol. The Kier molecular flexibility index (Phi) is 8.05. The van der Waals surface area contributed by atoms with E-state index in [1.165, 1.54) is 5.57 Å². The average molecular weight is 185 g/mol. The number of rotatable bonds is 8. The zero-order chi connectivity index (χ0) is 10.1. The summed E-state index contributed by atoms with van der Waals surface area (Å²) in [7, 11) is 0. The molecule has 1 atom stereocenters. The van der Waals surface area contributed by atoms with Crippen molar-refractivity contribution in [3.8, 4) is 0 Å². The van der Waals surface area contributed by atoms with Crippen LogP contribution in [0.2, 0.25) is 0 Å². The van der Waals surface area contributed by atoms with Gasteiger partial charge >= 0.3 is 0 Å². The first-order chi connectivity index (χ1) is 6.20. The Hall–Kier alpha value is -0.340. The van der Waals surface area contributed by atoms with Gasteiger partial charge < -0.3 is 10.5 Å². The van der Waals surface area contributed by atoms with Crippen molar-refractivity contribution < 1.29 is 4.74 Å². The van der Waals surface area contributed by atoms with Crippen molar-refractivity contribution in [3.05, 3.63) is 12.2 Å². The second-order valence-electron chi connectivity index (χ2n) is 3.47. The summed E-state index contributed by atoms with van der Waals surface area (Å²) in [5.41, 5.74) is 7.13. The molecule has 0 bridgehead atoms. The highest BCUT2D eigenvalue weighted by Gasteiger charge is 2.03. The largest absolute Gasteiger partial charge is 0.381 e. The first-order valence-corrected chi connectivity index (χ1v) is 5.20. The molecule has 0 aromatic heterocycles. The van der Waals surface area contributed by atoms with Crippen LogP contribution >= 0.6 is 0 Å². The summed E-state index contributed by atoms with van der Waals surface area (Å²) in [6.07, 6.45) is 3.99. The van der Waals surface area contributed by atoms with Crippen molar-refractivity contribution >= 4 is 0 Å². The Morgan fingerprint density at radius 2 is 2.08 bits per heavy atom. The second kappa shape index (κ2) is 8.27. The van der Waals surface area contributed by atoms with Crippen molar-refractivity contribution in [2.45, 2.75) is 45.6 Å². The molecule has 0 spiro atoms. The summed E-state index contributed by atoms with van der Waals surface area (Å²) in [5.74, 6) is 0. The van der Waals surface area contributed by atoms with Gasteiger partial charge in [-0.3, -0.25) is 0 Å². The highest BCUT2D eigenvalue weighted by molar-refractivity contribution is 4.95. The van der Waals surface area contributed by atoms with Crippen LogP contribution in [0, 0.1) is 0 Å². The zero-order valence-corrected chi connectivity index (χ0v) is 9.01. The Balaban J connectivity index is 3.29. The van der Waals surface area contributed by atoms with Crippen LogP contribution in [0.5, 0.6) is 0 Å². The summed E-state index contributed by atoms with van der Waals surface area (Å²) >= 11 is 0. The zero-order valence-electron chi connectivity index (χ0n) is 9.01. The van der Waals surface area contributed by atoms with Gasteiger partial charge in [-0.25, -0.2) is 0 Å². The lowest BCUT2D eigenvalue weighted by molar-refractivity contribution is 0.127. The quantitative estimate of drug-likeness (QED) is 0.466. The van der Waals surface area contributed by atoms with Crippen LogP contribution in [0.15, 0.2) is 12.2 Å². The third-order valence-electron chi connectivity index (χ3n) is 2.03. The molecular weight excluding hydrogens is 162 g/mol. The number of ether oxygens (including phenoxy) is 1. The van der Waals surface area contributed by atoms with Crippen molar-refractivity contribution in [1.29, 1.82) is 0 Å². The summed E-state index contributed by atoms with van der Waals surface area (Å²) in [4.78, 5) is 0. The van der Waals surface area contributed by atoms with Gasteiger partial charge in [-0.05, 0) is 25.7 Å². The lowest BCUT2D eigenvalue weighted by Crippen LogP contribution is -2.22. The van der Waals surface area contributed by atoms with Crippen LogP contribution in [0.4, 0.5) is 0 Å². The molecule has 0 saturated heterocycles. The molecule has 78 valence electrons. The standard InChI is InChI=1S/C11H23NO/c1-4-7-13-8-6-11(12)9-10(3)5-2/h11H,3-9,12H2,1-2H3. The first kappa shape index (κ1) is 12.7. The molecule has 0 amide bonds. The fourth-order valence-corrected chi connectivity index (χ4v) is 1.10. The van der Waals surface area contributed by atoms with E-state index < -0.39 is 0 Å². The molecule has 0 fully saturated rings. The SMILES string of the molecule is C=C(CC)CC(N)CCOCCC. The van der Waals surface area contributed by atoms with Crippen molar-refractivity contribution in [2.75, 3.05) is 13.2 Å². The highest BCUT2D eigenvalue weighted by Crippen LogP contribution is 2.07. The van der Waals surface area contributed by atoms with Gasteiger partial charge in [0.2, 0.25) is 0 Å². The summed E-state index contributed by atoms with van der Waals surface area (Å²) in [6, 6.07) is 0.226. The molecule has 0 aliphatic heterocycles. The second-order valence-corrected chi connectivity index (χ2v) is 3.47. The number of hydrogen-bond donors (Lipinski definition) is 1. The molecule has 2 nitrogen and oxygen atoms in total. The van der Waals surface area contributed by atoms with Gasteiger partial charge in [-0.2, -0.15) is 0 Å². The van der Waals surface area contributed by atoms with Gasteiger partial charge in [0, 0.05) is 19.3 Å². The molecule has 0 radical (unpaired) electrons. The van der Waals surface area contributed by atoms with E-state index in [-0.39, 0.29) is 6.04 Å². The number of hydrogen-bond acceptors (Lipinski definition) is 2. The molecule has 0 saturated carbocycles. The molecule has 2 N–H and O–H groups in total. The third kappa shape index (κ3) is 8.00. The molecule has 0 rings (SSSR count). The third-order valence-corrected chi connectivity index (χ3v) is 2.03. The number of nitrogens with two attached hydrogens (primary N) is 1. The Morgan fingerprint density at radius 1 is 1.38 bits per heavy atom. The summed E-state index contributed by atoms with van der Waals surface area (Å²) in [5, 5.41) is 0. The minimum Gasteiger partial charge on any atom is -0.381 e. The monoisotopic (exact) mass is 185 g/mol. The summed E-state index contributed by atoms with van der Waals surface area (Å²) < 4.78 is 5.36. The minimum atomic E-state index is 0.226. The Morgan fingerprint density at radius 3 is 2.62 bits per heavy atom. The van der Waals surface area contributed by atoms with Gasteiger partial charge in [0.25, 0.3) is 0 Å². The van der Waals surface area contributed by atoms with Gasteiger partial charge in [-0.1, -0.05) is 26.0 Å². The minimum absolute atomic E-state index is 0.226. The molecule has 0 aromatic carbocycles. The first-order valence-electron chi connectivity index (χ1n) is 5.20. The van der Waals surface area contributed by atoms with Gasteiger partial charge in [0.15, 0.2) is 0 Å².